The Labute approximate surface area is 222 Å². The number of aromatic nitrogens is 2. The molecular formula is C30H21N3O4S. The number of benzene rings is 3. The van der Waals surface area contributed by atoms with Gasteiger partial charge in [0, 0.05) is 18.0 Å². The maximum absolute atomic E-state index is 13.5. The monoisotopic (exact) mass is 519 g/mol. The minimum absolute atomic E-state index is 0.0199. The van der Waals surface area contributed by atoms with E-state index < -0.39 is 17.7 Å². The highest BCUT2D eigenvalue weighted by Gasteiger charge is 2.48. The van der Waals surface area contributed by atoms with Crippen LogP contribution in [0.5, 0.6) is 11.5 Å². The summed E-state index contributed by atoms with van der Waals surface area (Å²) in [6, 6.07) is 24.6. The van der Waals surface area contributed by atoms with E-state index in [-0.39, 0.29) is 11.3 Å². The lowest BCUT2D eigenvalue weighted by molar-refractivity contribution is -0.132. The number of fused-ring (bicyclic) bond motifs is 1. The van der Waals surface area contributed by atoms with Crippen LogP contribution in [0.3, 0.4) is 0 Å². The quantitative estimate of drug-likeness (QED) is 0.164. The summed E-state index contributed by atoms with van der Waals surface area (Å²) < 4.78 is 6.93. The molecule has 0 radical (unpaired) electrons. The van der Waals surface area contributed by atoms with E-state index in [1.807, 2.05) is 55.5 Å². The molecule has 6 rings (SSSR count). The standard InChI is InChI=1S/C30H21N3O4S/c1-18-10-11-23-24(16-18)38-30(32-23)33-26(20-6-5-9-22(17-20)37-21-7-3-2-4-8-21)25(28(35)29(33)36)27(34)19-12-14-31-15-13-19/h2-17,26,34H,1H3. The maximum atomic E-state index is 13.5. The minimum atomic E-state index is -0.913. The van der Waals surface area contributed by atoms with Crippen molar-refractivity contribution in [3.8, 4) is 11.5 Å². The van der Waals surface area contributed by atoms with Gasteiger partial charge in [-0.05, 0) is 66.6 Å². The van der Waals surface area contributed by atoms with Crippen LogP contribution in [0.2, 0.25) is 0 Å². The van der Waals surface area contributed by atoms with Crippen molar-refractivity contribution < 1.29 is 19.4 Å². The first-order valence-electron chi connectivity index (χ1n) is 11.9. The van der Waals surface area contributed by atoms with Gasteiger partial charge in [-0.3, -0.25) is 19.5 Å². The van der Waals surface area contributed by atoms with Crippen molar-refractivity contribution in [2.24, 2.45) is 0 Å². The molecule has 38 heavy (non-hydrogen) atoms. The number of ether oxygens (including phenoxy) is 1. The largest absolute Gasteiger partial charge is 0.507 e. The molecule has 1 amide bonds. The van der Waals surface area contributed by atoms with Crippen LogP contribution in [0.15, 0.2) is 103 Å². The highest BCUT2D eigenvalue weighted by Crippen LogP contribution is 2.45. The molecule has 2 aromatic heterocycles. The average molecular weight is 520 g/mol. The topological polar surface area (TPSA) is 92.6 Å². The van der Waals surface area contributed by atoms with Crippen LogP contribution in [-0.4, -0.2) is 26.8 Å². The number of rotatable bonds is 5. The number of aliphatic hydroxyl groups is 1. The Morgan fingerprint density at radius 1 is 0.921 bits per heavy atom. The number of nitrogens with zero attached hydrogens (tertiary/aromatic N) is 3. The summed E-state index contributed by atoms with van der Waals surface area (Å²) in [6.45, 7) is 1.98. The Kier molecular flexibility index (Phi) is 5.94. The number of para-hydroxylation sites is 1. The van der Waals surface area contributed by atoms with Gasteiger partial charge in [0.25, 0.3) is 5.78 Å². The summed E-state index contributed by atoms with van der Waals surface area (Å²) in [4.78, 5) is 37.0. The fourth-order valence-corrected chi connectivity index (χ4v) is 5.60. The van der Waals surface area contributed by atoms with Crippen LogP contribution in [0, 0.1) is 6.92 Å². The van der Waals surface area contributed by atoms with Crippen molar-refractivity contribution in [3.05, 3.63) is 120 Å². The molecule has 1 aliphatic heterocycles. The van der Waals surface area contributed by atoms with E-state index in [1.165, 1.54) is 28.6 Å². The molecule has 1 atom stereocenters. The lowest BCUT2D eigenvalue weighted by Gasteiger charge is -2.23. The number of hydrogen-bond donors (Lipinski definition) is 1. The van der Waals surface area contributed by atoms with Gasteiger partial charge in [0.1, 0.15) is 17.3 Å². The van der Waals surface area contributed by atoms with E-state index >= 15 is 0 Å². The molecule has 5 aromatic rings. The summed E-state index contributed by atoms with van der Waals surface area (Å²) >= 11 is 1.33. The number of Topliss-reactive ketones (excluding diaryl/α,β-unsaturated/α-hetero) is 1. The van der Waals surface area contributed by atoms with Crippen molar-refractivity contribution in [2.45, 2.75) is 13.0 Å². The van der Waals surface area contributed by atoms with E-state index in [2.05, 4.69) is 9.97 Å². The molecular weight excluding hydrogens is 498 g/mol. The fourth-order valence-electron chi connectivity index (χ4n) is 4.51. The third-order valence-electron chi connectivity index (χ3n) is 6.29. The molecule has 1 saturated heterocycles. The molecule has 0 saturated carbocycles. The molecule has 0 spiro atoms. The summed E-state index contributed by atoms with van der Waals surface area (Å²) in [6.07, 6.45) is 3.04. The Morgan fingerprint density at radius 3 is 2.47 bits per heavy atom. The second-order valence-corrected chi connectivity index (χ2v) is 9.87. The maximum Gasteiger partial charge on any atom is 0.301 e. The van der Waals surface area contributed by atoms with Gasteiger partial charge in [-0.2, -0.15) is 0 Å². The predicted octanol–water partition coefficient (Wildman–Crippen LogP) is 6.42. The van der Waals surface area contributed by atoms with Crippen molar-refractivity contribution in [1.29, 1.82) is 0 Å². The number of carbonyl (C=O) groups is 2. The van der Waals surface area contributed by atoms with E-state index in [1.54, 1.807) is 36.4 Å². The van der Waals surface area contributed by atoms with Crippen LogP contribution >= 0.6 is 11.3 Å². The first kappa shape index (κ1) is 23.6. The average Bonchev–Trinajstić information content (AvgIpc) is 3.47. The van der Waals surface area contributed by atoms with Gasteiger partial charge in [0.15, 0.2) is 5.13 Å². The first-order valence-corrected chi connectivity index (χ1v) is 12.7. The number of thiazole rings is 1. The van der Waals surface area contributed by atoms with Crippen LogP contribution < -0.4 is 9.64 Å². The van der Waals surface area contributed by atoms with Crippen LogP contribution in [-0.2, 0) is 9.59 Å². The highest BCUT2D eigenvalue weighted by molar-refractivity contribution is 7.22. The molecule has 0 aliphatic carbocycles. The summed E-state index contributed by atoms with van der Waals surface area (Å²) in [5, 5.41) is 11.7. The van der Waals surface area contributed by atoms with Gasteiger partial charge in [-0.25, -0.2) is 4.98 Å². The SMILES string of the molecule is Cc1ccc2nc(N3C(=O)C(=O)C(=C(O)c4ccncc4)C3c3cccc(Oc4ccccc4)c3)sc2c1. The zero-order valence-corrected chi connectivity index (χ0v) is 21.1. The molecule has 3 heterocycles. The number of anilines is 1. The number of hydrogen-bond acceptors (Lipinski definition) is 7. The molecule has 186 valence electrons. The van der Waals surface area contributed by atoms with Crippen molar-refractivity contribution in [3.63, 3.8) is 0 Å². The number of amides is 1. The molecule has 0 bridgehead atoms. The van der Waals surface area contributed by atoms with Gasteiger partial charge < -0.3 is 9.84 Å². The van der Waals surface area contributed by atoms with Crippen LogP contribution in [0.25, 0.3) is 16.0 Å². The molecule has 1 aliphatic rings. The molecule has 8 heteroatoms. The Morgan fingerprint density at radius 2 is 1.68 bits per heavy atom. The second kappa shape index (κ2) is 9.57. The normalized spacial score (nSPS) is 16.8. The number of aliphatic hydroxyl groups excluding tert-OH is 1. The minimum Gasteiger partial charge on any atom is -0.507 e. The molecule has 1 N–H and O–H groups in total. The third kappa shape index (κ3) is 4.21. The number of pyridine rings is 1. The molecule has 3 aromatic carbocycles. The Balaban J connectivity index is 1.52. The fraction of sp³-hybridized carbons (Fsp3) is 0.0667. The number of aryl methyl sites for hydroxylation is 1. The second-order valence-electron chi connectivity index (χ2n) is 8.86. The number of ketones is 1. The van der Waals surface area contributed by atoms with E-state index in [9.17, 15) is 14.7 Å². The molecule has 1 fully saturated rings. The van der Waals surface area contributed by atoms with E-state index in [4.69, 9.17) is 4.74 Å². The van der Waals surface area contributed by atoms with Crippen molar-refractivity contribution >= 4 is 44.1 Å². The summed E-state index contributed by atoms with van der Waals surface area (Å²) in [5.74, 6) is -0.630. The van der Waals surface area contributed by atoms with Gasteiger partial charge >= 0.3 is 5.91 Å². The molecule has 7 nitrogen and oxygen atoms in total. The van der Waals surface area contributed by atoms with E-state index in [0.29, 0.717) is 27.8 Å². The Hall–Kier alpha value is -4.82. The van der Waals surface area contributed by atoms with Crippen molar-refractivity contribution in [2.75, 3.05) is 4.90 Å². The highest BCUT2D eigenvalue weighted by atomic mass is 32.1. The summed E-state index contributed by atoms with van der Waals surface area (Å²) in [7, 11) is 0. The zero-order valence-electron chi connectivity index (χ0n) is 20.2. The van der Waals surface area contributed by atoms with Crippen LogP contribution in [0.4, 0.5) is 5.13 Å². The van der Waals surface area contributed by atoms with Crippen LogP contribution in [0.1, 0.15) is 22.7 Å². The van der Waals surface area contributed by atoms with Gasteiger partial charge in [0.2, 0.25) is 0 Å². The predicted molar refractivity (Wildman–Crippen MR) is 146 cm³/mol. The van der Waals surface area contributed by atoms with Gasteiger partial charge in [0.05, 0.1) is 21.8 Å². The first-order chi connectivity index (χ1) is 18.5. The summed E-state index contributed by atoms with van der Waals surface area (Å²) in [5.41, 5.74) is 2.76. The lowest BCUT2D eigenvalue weighted by atomic mass is 9.95. The zero-order chi connectivity index (χ0) is 26.2. The smallest absolute Gasteiger partial charge is 0.301 e. The Bertz CT molecular complexity index is 1710. The number of carbonyl (C=O) groups excluding carboxylic acids is 2. The van der Waals surface area contributed by atoms with Gasteiger partial charge in [-0.1, -0.05) is 47.7 Å². The van der Waals surface area contributed by atoms with Gasteiger partial charge in [-0.15, -0.1) is 0 Å². The van der Waals surface area contributed by atoms with E-state index in [0.717, 1.165) is 15.8 Å². The lowest BCUT2D eigenvalue weighted by Crippen LogP contribution is -2.29. The molecule has 1 unspecified atom stereocenters. The van der Waals surface area contributed by atoms with Crippen molar-refractivity contribution in [1.82, 2.24) is 9.97 Å². The third-order valence-corrected chi connectivity index (χ3v) is 7.31.